The van der Waals surface area contributed by atoms with Crippen LogP contribution in [0, 0.1) is 5.41 Å². The first kappa shape index (κ1) is 28.3. The Hall–Kier alpha value is -4.89. The molecule has 1 fully saturated rings. The molecule has 9 rings (SSSR count). The highest BCUT2D eigenvalue weighted by atomic mass is 19.1. The van der Waals surface area contributed by atoms with E-state index in [0.717, 1.165) is 36.5 Å². The Labute approximate surface area is 276 Å². The van der Waals surface area contributed by atoms with Crippen LogP contribution in [0.4, 0.5) is 21.5 Å². The standard InChI is InChI=1S/C44H39FN2/c1-29-28-32-19-24-38(47(34-10-4-3-5-11-34)39-13-7-6-12-37(39)45)36-23-18-31-17-22-35(41(29)43(31)42(32)36)30-15-20-33(21-16-30)46-27-26-44(2)25-9-8-14-40(44)46/h3-6,8-12,14-25,29,40H,7,13,26-28H2,1-2H3. The summed E-state index contributed by atoms with van der Waals surface area (Å²) >= 11 is 0. The van der Waals surface area contributed by atoms with Crippen molar-refractivity contribution in [2.75, 3.05) is 16.3 Å². The molecule has 5 aromatic carbocycles. The van der Waals surface area contributed by atoms with Crippen molar-refractivity contribution >= 4 is 38.6 Å². The minimum Gasteiger partial charge on any atom is -0.364 e. The summed E-state index contributed by atoms with van der Waals surface area (Å²) in [6, 6.07) is 33.6. The smallest absolute Gasteiger partial charge is 0.142 e. The molecule has 0 N–H and O–H groups in total. The summed E-state index contributed by atoms with van der Waals surface area (Å²) in [6.07, 6.45) is 16.4. The van der Waals surface area contributed by atoms with Crippen molar-refractivity contribution in [2.45, 2.75) is 51.5 Å². The van der Waals surface area contributed by atoms with E-state index in [1.54, 1.807) is 6.08 Å². The van der Waals surface area contributed by atoms with Crippen LogP contribution in [0.1, 0.15) is 50.2 Å². The van der Waals surface area contributed by atoms with Gasteiger partial charge in [0, 0.05) is 28.7 Å². The molecule has 1 heterocycles. The average Bonchev–Trinajstić information content (AvgIpc) is 3.46. The Morgan fingerprint density at radius 3 is 2.53 bits per heavy atom. The van der Waals surface area contributed by atoms with E-state index in [0.29, 0.717) is 18.4 Å². The first-order valence-corrected chi connectivity index (χ1v) is 17.1. The van der Waals surface area contributed by atoms with E-state index in [-0.39, 0.29) is 11.2 Å². The van der Waals surface area contributed by atoms with E-state index < -0.39 is 0 Å². The Morgan fingerprint density at radius 1 is 0.872 bits per heavy atom. The average molecular weight is 615 g/mol. The molecule has 1 aliphatic heterocycles. The molecule has 232 valence electrons. The van der Waals surface area contributed by atoms with Gasteiger partial charge in [-0.1, -0.05) is 105 Å². The summed E-state index contributed by atoms with van der Waals surface area (Å²) in [7, 11) is 0. The van der Waals surface area contributed by atoms with Gasteiger partial charge in [-0.3, -0.25) is 0 Å². The van der Waals surface area contributed by atoms with Crippen molar-refractivity contribution in [3.63, 3.8) is 0 Å². The van der Waals surface area contributed by atoms with Gasteiger partial charge in [-0.05, 0) is 106 Å². The number of para-hydroxylation sites is 1. The third kappa shape index (κ3) is 4.43. The third-order valence-electron chi connectivity index (χ3n) is 11.2. The van der Waals surface area contributed by atoms with Crippen LogP contribution in [0.25, 0.3) is 32.7 Å². The van der Waals surface area contributed by atoms with Crippen molar-refractivity contribution in [3.05, 3.63) is 150 Å². The number of nitrogens with zero attached hydrogens (tertiary/aromatic N) is 2. The van der Waals surface area contributed by atoms with Gasteiger partial charge in [-0.25, -0.2) is 4.39 Å². The highest BCUT2D eigenvalue weighted by Gasteiger charge is 2.41. The Balaban J connectivity index is 1.19. The Bertz CT molecular complexity index is 2170. The highest BCUT2D eigenvalue weighted by Crippen LogP contribution is 2.49. The molecule has 47 heavy (non-hydrogen) atoms. The van der Waals surface area contributed by atoms with Crippen LogP contribution in [0.2, 0.25) is 0 Å². The molecular formula is C44H39FN2. The second kappa shape index (κ2) is 10.8. The van der Waals surface area contributed by atoms with Gasteiger partial charge in [0.05, 0.1) is 17.4 Å². The van der Waals surface area contributed by atoms with Gasteiger partial charge in [0.15, 0.2) is 0 Å². The van der Waals surface area contributed by atoms with Gasteiger partial charge < -0.3 is 9.80 Å². The third-order valence-corrected chi connectivity index (χ3v) is 11.2. The largest absolute Gasteiger partial charge is 0.364 e. The van der Waals surface area contributed by atoms with E-state index >= 15 is 4.39 Å². The van der Waals surface area contributed by atoms with Crippen LogP contribution in [0.3, 0.4) is 0 Å². The molecule has 3 atom stereocenters. The number of allylic oxidation sites excluding steroid dienone is 6. The van der Waals surface area contributed by atoms with Gasteiger partial charge in [-0.15, -0.1) is 0 Å². The number of rotatable bonds is 5. The molecule has 2 nitrogen and oxygen atoms in total. The zero-order valence-electron chi connectivity index (χ0n) is 27.1. The lowest BCUT2D eigenvalue weighted by atomic mass is 9.77. The minimum atomic E-state index is -0.153. The lowest BCUT2D eigenvalue weighted by Crippen LogP contribution is -2.36. The lowest BCUT2D eigenvalue weighted by molar-refractivity contribution is 0.425. The van der Waals surface area contributed by atoms with Crippen molar-refractivity contribution in [1.82, 2.24) is 0 Å². The maximum atomic E-state index is 15.5. The van der Waals surface area contributed by atoms with Gasteiger partial charge >= 0.3 is 0 Å². The van der Waals surface area contributed by atoms with Crippen LogP contribution in [-0.4, -0.2) is 12.6 Å². The zero-order chi connectivity index (χ0) is 31.7. The molecule has 1 saturated heterocycles. The molecule has 0 bridgehead atoms. The van der Waals surface area contributed by atoms with Crippen molar-refractivity contribution < 1.29 is 4.39 Å². The zero-order valence-corrected chi connectivity index (χ0v) is 27.1. The van der Waals surface area contributed by atoms with Crippen LogP contribution < -0.4 is 9.80 Å². The quantitative estimate of drug-likeness (QED) is 0.182. The summed E-state index contributed by atoms with van der Waals surface area (Å²) in [6.45, 7) is 5.83. The normalized spacial score (nSPS) is 22.9. The maximum Gasteiger partial charge on any atom is 0.142 e. The first-order valence-electron chi connectivity index (χ1n) is 17.1. The van der Waals surface area contributed by atoms with Gasteiger partial charge in [0.1, 0.15) is 5.83 Å². The van der Waals surface area contributed by atoms with Crippen LogP contribution in [0.15, 0.2) is 139 Å². The molecule has 3 unspecified atom stereocenters. The van der Waals surface area contributed by atoms with E-state index in [2.05, 4.69) is 121 Å². The van der Waals surface area contributed by atoms with Crippen LogP contribution in [0.5, 0.6) is 0 Å². The predicted octanol–water partition coefficient (Wildman–Crippen LogP) is 11.7. The summed E-state index contributed by atoms with van der Waals surface area (Å²) in [5.74, 6) is 0.226. The molecule has 0 amide bonds. The number of hydrogen-bond donors (Lipinski definition) is 0. The van der Waals surface area contributed by atoms with Gasteiger partial charge in [-0.2, -0.15) is 0 Å². The molecule has 4 aliphatic rings. The molecular weight excluding hydrogens is 575 g/mol. The monoisotopic (exact) mass is 614 g/mol. The summed E-state index contributed by atoms with van der Waals surface area (Å²) in [5.41, 5.74) is 9.63. The molecule has 5 aromatic rings. The fourth-order valence-electron chi connectivity index (χ4n) is 8.84. The van der Waals surface area contributed by atoms with E-state index in [4.69, 9.17) is 0 Å². The van der Waals surface area contributed by atoms with Crippen molar-refractivity contribution in [2.24, 2.45) is 5.41 Å². The van der Waals surface area contributed by atoms with Crippen molar-refractivity contribution in [1.29, 1.82) is 0 Å². The molecule has 3 heteroatoms. The second-order valence-electron chi connectivity index (χ2n) is 14.1. The summed E-state index contributed by atoms with van der Waals surface area (Å²) in [4.78, 5) is 4.72. The fourth-order valence-corrected chi connectivity index (χ4v) is 8.84. The highest BCUT2D eigenvalue weighted by molar-refractivity contribution is 6.17. The summed E-state index contributed by atoms with van der Waals surface area (Å²) in [5, 5.41) is 5.11. The van der Waals surface area contributed by atoms with E-state index in [1.807, 2.05) is 24.3 Å². The number of halogens is 1. The predicted molar refractivity (Wildman–Crippen MR) is 196 cm³/mol. The molecule has 0 aromatic heterocycles. The Morgan fingerprint density at radius 2 is 1.70 bits per heavy atom. The lowest BCUT2D eigenvalue weighted by Gasteiger charge is -2.34. The van der Waals surface area contributed by atoms with Gasteiger partial charge in [0.25, 0.3) is 0 Å². The van der Waals surface area contributed by atoms with Crippen molar-refractivity contribution in [3.8, 4) is 11.1 Å². The maximum absolute atomic E-state index is 15.5. The van der Waals surface area contributed by atoms with Crippen LogP contribution >= 0.6 is 0 Å². The molecule has 0 spiro atoms. The first-order chi connectivity index (χ1) is 23.0. The second-order valence-corrected chi connectivity index (χ2v) is 14.1. The molecule has 0 saturated carbocycles. The number of benzene rings is 5. The molecule has 3 aliphatic carbocycles. The fraction of sp³-hybridized carbons (Fsp3) is 0.227. The SMILES string of the molecule is CC1Cc2ccc(N(C3=C(F)C=CCC3)c3ccccc3)c3ccc4ccc(-c5ccc(N6CCC7(C)C=CC=CC67)cc5)c1c4c23. The number of anilines is 3. The number of fused-ring (bicyclic) bond motifs is 1. The summed E-state index contributed by atoms with van der Waals surface area (Å²) < 4.78 is 15.5. The topological polar surface area (TPSA) is 6.48 Å². The minimum absolute atomic E-state index is 0.153. The molecule has 0 radical (unpaired) electrons. The van der Waals surface area contributed by atoms with Gasteiger partial charge in [0.2, 0.25) is 0 Å². The Kier molecular flexibility index (Phi) is 6.54. The van der Waals surface area contributed by atoms with E-state index in [1.165, 1.54) is 55.9 Å². The van der Waals surface area contributed by atoms with Crippen LogP contribution in [-0.2, 0) is 6.42 Å². The number of hydrogen-bond acceptors (Lipinski definition) is 2. The van der Waals surface area contributed by atoms with E-state index in [9.17, 15) is 0 Å².